The molecule has 2 rings (SSSR count). The summed E-state index contributed by atoms with van der Waals surface area (Å²) in [7, 11) is 3.57. The molecule has 0 radical (unpaired) electrons. The quantitative estimate of drug-likeness (QED) is 0.810. The van der Waals surface area contributed by atoms with Crippen LogP contribution in [0.1, 0.15) is 19.3 Å². The molecule has 1 heterocycles. The Hall–Kier alpha value is -0.880. The molecular weight excluding hydrogens is 296 g/mol. The molecule has 0 spiro atoms. The maximum absolute atomic E-state index is 5.16. The molecule has 6 heteroatoms. The van der Waals surface area contributed by atoms with Crippen LogP contribution in [0.2, 0.25) is 0 Å². The van der Waals surface area contributed by atoms with Gasteiger partial charge in [0, 0.05) is 33.5 Å². The Bertz CT molecular complexity index is 409. The highest BCUT2D eigenvalue weighted by atomic mass is 79.9. The molecule has 18 heavy (non-hydrogen) atoms. The zero-order chi connectivity index (χ0) is 13.0. The minimum absolute atomic E-state index is 0.403. The molecule has 0 aromatic carbocycles. The van der Waals surface area contributed by atoms with Crippen LogP contribution in [-0.2, 0) is 4.74 Å². The van der Waals surface area contributed by atoms with E-state index in [0.29, 0.717) is 11.4 Å². The van der Waals surface area contributed by atoms with Crippen LogP contribution >= 0.6 is 15.9 Å². The molecule has 2 N–H and O–H groups in total. The molecule has 0 aliphatic heterocycles. The molecule has 1 aromatic rings. The second-order valence-electron chi connectivity index (χ2n) is 4.74. The normalized spacial score (nSPS) is 16.4. The number of rotatable bonds is 7. The Morgan fingerprint density at radius 1 is 1.50 bits per heavy atom. The third-order valence-electron chi connectivity index (χ3n) is 3.39. The zero-order valence-electron chi connectivity index (χ0n) is 10.8. The number of hydrogen-bond acceptors (Lipinski definition) is 5. The number of anilines is 2. The molecule has 100 valence electrons. The lowest BCUT2D eigenvalue weighted by molar-refractivity contribution is 0.175. The van der Waals surface area contributed by atoms with Crippen molar-refractivity contribution in [3.63, 3.8) is 0 Å². The second kappa shape index (κ2) is 5.84. The number of ether oxygens (including phenoxy) is 1. The van der Waals surface area contributed by atoms with Gasteiger partial charge < -0.3 is 15.4 Å². The minimum Gasteiger partial charge on any atom is -0.385 e. The van der Waals surface area contributed by atoms with Crippen molar-refractivity contribution in [2.75, 3.05) is 37.9 Å². The lowest BCUT2D eigenvalue weighted by Crippen LogP contribution is -2.18. The molecule has 1 aliphatic rings. The fourth-order valence-electron chi connectivity index (χ4n) is 1.89. The molecule has 5 nitrogen and oxygen atoms in total. The zero-order valence-corrected chi connectivity index (χ0v) is 12.4. The van der Waals surface area contributed by atoms with Gasteiger partial charge >= 0.3 is 0 Å². The summed E-state index contributed by atoms with van der Waals surface area (Å²) in [5.41, 5.74) is 0.403. The van der Waals surface area contributed by atoms with Crippen LogP contribution in [0.5, 0.6) is 0 Å². The molecule has 0 atom stereocenters. The van der Waals surface area contributed by atoms with Gasteiger partial charge in [-0.25, -0.2) is 4.98 Å². The molecule has 0 bridgehead atoms. The van der Waals surface area contributed by atoms with E-state index in [-0.39, 0.29) is 0 Å². The molecule has 0 unspecified atom stereocenters. The number of aromatic nitrogens is 2. The van der Waals surface area contributed by atoms with E-state index in [2.05, 4.69) is 36.5 Å². The van der Waals surface area contributed by atoms with Gasteiger partial charge in [0.15, 0.2) is 0 Å². The summed E-state index contributed by atoms with van der Waals surface area (Å²) in [5.74, 6) is 1.47. The molecule has 1 aliphatic carbocycles. The number of hydrogen-bond donors (Lipinski definition) is 2. The maximum Gasteiger partial charge on any atom is 0.224 e. The van der Waals surface area contributed by atoms with E-state index in [1.54, 1.807) is 13.3 Å². The number of nitrogens with one attached hydrogen (secondary N) is 2. The number of methoxy groups -OCH3 is 1. The minimum atomic E-state index is 0.403. The van der Waals surface area contributed by atoms with Gasteiger partial charge in [-0.3, -0.25) is 0 Å². The highest BCUT2D eigenvalue weighted by Crippen LogP contribution is 2.48. The van der Waals surface area contributed by atoms with E-state index < -0.39 is 0 Å². The maximum atomic E-state index is 5.16. The lowest BCUT2D eigenvalue weighted by Gasteiger charge is -2.16. The van der Waals surface area contributed by atoms with Gasteiger partial charge in [0.05, 0.1) is 4.47 Å². The van der Waals surface area contributed by atoms with Crippen molar-refractivity contribution in [3.8, 4) is 0 Å². The van der Waals surface area contributed by atoms with Crippen molar-refractivity contribution in [3.05, 3.63) is 10.7 Å². The summed E-state index contributed by atoms with van der Waals surface area (Å²) in [6.45, 7) is 1.77. The SMILES string of the molecule is CNc1ncc(Br)c(NCC2(CCOC)CC2)n1. The van der Waals surface area contributed by atoms with Gasteiger partial charge in [0.2, 0.25) is 5.95 Å². The average Bonchev–Trinajstić information content (AvgIpc) is 3.16. The first-order valence-electron chi connectivity index (χ1n) is 6.12. The van der Waals surface area contributed by atoms with Gasteiger partial charge in [-0.1, -0.05) is 0 Å². The van der Waals surface area contributed by atoms with Crippen LogP contribution in [0.3, 0.4) is 0 Å². The summed E-state index contributed by atoms with van der Waals surface area (Å²) in [6, 6.07) is 0. The standard InChI is InChI=1S/C12H19BrN4O/c1-14-11-15-7-9(13)10(17-11)16-8-12(3-4-12)5-6-18-2/h7H,3-6,8H2,1-2H3,(H2,14,15,16,17). The summed E-state index contributed by atoms with van der Waals surface area (Å²) in [6.07, 6.45) is 5.41. The second-order valence-corrected chi connectivity index (χ2v) is 5.59. The number of nitrogens with zero attached hydrogens (tertiary/aromatic N) is 2. The van der Waals surface area contributed by atoms with Crippen LogP contribution in [0, 0.1) is 5.41 Å². The Labute approximate surface area is 116 Å². The van der Waals surface area contributed by atoms with Crippen LogP contribution < -0.4 is 10.6 Å². The third-order valence-corrected chi connectivity index (χ3v) is 3.97. The molecule has 1 fully saturated rings. The van der Waals surface area contributed by atoms with E-state index in [4.69, 9.17) is 4.74 Å². The van der Waals surface area contributed by atoms with Gasteiger partial charge in [0.1, 0.15) is 5.82 Å². The predicted octanol–water partition coefficient (Wildman–Crippen LogP) is 2.51. The van der Waals surface area contributed by atoms with Crippen molar-refractivity contribution in [1.29, 1.82) is 0 Å². The van der Waals surface area contributed by atoms with E-state index >= 15 is 0 Å². The van der Waals surface area contributed by atoms with Crippen LogP contribution in [0.25, 0.3) is 0 Å². The van der Waals surface area contributed by atoms with Crippen LogP contribution in [-0.4, -0.2) is 37.3 Å². The fourth-order valence-corrected chi connectivity index (χ4v) is 2.22. The molecular formula is C12H19BrN4O. The largest absolute Gasteiger partial charge is 0.385 e. The molecule has 1 aromatic heterocycles. The van der Waals surface area contributed by atoms with Crippen molar-refractivity contribution >= 4 is 27.7 Å². The van der Waals surface area contributed by atoms with Crippen LogP contribution in [0.15, 0.2) is 10.7 Å². The Balaban J connectivity index is 1.93. The summed E-state index contributed by atoms with van der Waals surface area (Å²) < 4.78 is 6.05. The van der Waals surface area contributed by atoms with Gasteiger partial charge in [-0.05, 0) is 40.6 Å². The lowest BCUT2D eigenvalue weighted by atomic mass is 10.0. The molecule has 0 amide bonds. The summed E-state index contributed by atoms with van der Waals surface area (Å²) in [4.78, 5) is 8.53. The fraction of sp³-hybridized carbons (Fsp3) is 0.667. The van der Waals surface area contributed by atoms with Crippen LogP contribution in [0.4, 0.5) is 11.8 Å². The Morgan fingerprint density at radius 2 is 2.28 bits per heavy atom. The topological polar surface area (TPSA) is 59.1 Å². The van der Waals surface area contributed by atoms with Gasteiger partial charge in [-0.2, -0.15) is 4.98 Å². The molecule has 0 saturated heterocycles. The van der Waals surface area contributed by atoms with Gasteiger partial charge in [-0.15, -0.1) is 0 Å². The summed E-state index contributed by atoms with van der Waals surface area (Å²) in [5, 5.41) is 6.34. The monoisotopic (exact) mass is 314 g/mol. The predicted molar refractivity (Wildman–Crippen MR) is 75.9 cm³/mol. The van der Waals surface area contributed by atoms with E-state index in [1.165, 1.54) is 12.8 Å². The van der Waals surface area contributed by atoms with E-state index in [0.717, 1.165) is 29.9 Å². The smallest absolute Gasteiger partial charge is 0.224 e. The van der Waals surface area contributed by atoms with Gasteiger partial charge in [0.25, 0.3) is 0 Å². The molecule has 1 saturated carbocycles. The highest BCUT2D eigenvalue weighted by Gasteiger charge is 2.41. The first-order valence-corrected chi connectivity index (χ1v) is 6.91. The number of halogens is 1. The first-order chi connectivity index (χ1) is 8.69. The van der Waals surface area contributed by atoms with Crippen molar-refractivity contribution in [2.24, 2.45) is 5.41 Å². The third kappa shape index (κ3) is 3.32. The Morgan fingerprint density at radius 3 is 2.89 bits per heavy atom. The van der Waals surface area contributed by atoms with Crippen molar-refractivity contribution in [1.82, 2.24) is 9.97 Å². The van der Waals surface area contributed by atoms with Crippen molar-refractivity contribution < 1.29 is 4.74 Å². The Kier molecular flexibility index (Phi) is 4.40. The summed E-state index contributed by atoms with van der Waals surface area (Å²) >= 11 is 3.46. The first kappa shape index (κ1) is 13.5. The van der Waals surface area contributed by atoms with E-state index in [1.807, 2.05) is 7.05 Å². The van der Waals surface area contributed by atoms with E-state index in [9.17, 15) is 0 Å². The highest BCUT2D eigenvalue weighted by molar-refractivity contribution is 9.10. The average molecular weight is 315 g/mol. The van der Waals surface area contributed by atoms with Crippen molar-refractivity contribution in [2.45, 2.75) is 19.3 Å².